The number of carbonyl (C=O) groups is 2. The van der Waals surface area contributed by atoms with Crippen molar-refractivity contribution in [2.75, 3.05) is 19.8 Å². The first kappa shape index (κ1) is 17.2. The van der Waals surface area contributed by atoms with E-state index in [1.807, 2.05) is 0 Å². The Morgan fingerprint density at radius 2 is 1.82 bits per heavy atom. The SMILES string of the molecule is O=C(COc1cc(Cl)c(Cl)cc1Cl)NCC(=O)OCC1CC1. The summed E-state index contributed by atoms with van der Waals surface area (Å²) in [5, 5.41) is 3.21. The molecule has 1 fully saturated rings. The molecule has 1 N–H and O–H groups in total. The van der Waals surface area contributed by atoms with Crippen LogP contribution in [-0.4, -0.2) is 31.6 Å². The second-order valence-corrected chi connectivity index (χ2v) is 6.11. The quantitative estimate of drug-likeness (QED) is 0.595. The van der Waals surface area contributed by atoms with Gasteiger partial charge in [-0.2, -0.15) is 0 Å². The first-order valence-corrected chi connectivity index (χ1v) is 7.78. The Balaban J connectivity index is 1.70. The van der Waals surface area contributed by atoms with Gasteiger partial charge in [0.25, 0.3) is 5.91 Å². The third-order valence-electron chi connectivity index (χ3n) is 2.94. The molecule has 0 aliphatic heterocycles. The molecule has 0 radical (unpaired) electrons. The molecule has 0 bridgehead atoms. The lowest BCUT2D eigenvalue weighted by Crippen LogP contribution is -2.34. The molecule has 1 amide bonds. The van der Waals surface area contributed by atoms with Crippen molar-refractivity contribution in [1.82, 2.24) is 5.32 Å². The molecule has 0 saturated heterocycles. The van der Waals surface area contributed by atoms with Crippen LogP contribution in [0.25, 0.3) is 0 Å². The summed E-state index contributed by atoms with van der Waals surface area (Å²) in [4.78, 5) is 22.9. The number of rotatable bonds is 7. The highest BCUT2D eigenvalue weighted by atomic mass is 35.5. The van der Waals surface area contributed by atoms with Gasteiger partial charge in [0.05, 0.1) is 21.7 Å². The third kappa shape index (κ3) is 5.55. The number of hydrogen-bond donors (Lipinski definition) is 1. The van der Waals surface area contributed by atoms with Crippen LogP contribution in [-0.2, 0) is 14.3 Å². The van der Waals surface area contributed by atoms with Gasteiger partial charge in [-0.1, -0.05) is 34.8 Å². The van der Waals surface area contributed by atoms with E-state index >= 15 is 0 Å². The van der Waals surface area contributed by atoms with Crippen LogP contribution < -0.4 is 10.1 Å². The largest absolute Gasteiger partial charge is 0.482 e. The lowest BCUT2D eigenvalue weighted by Gasteiger charge is -2.09. The Morgan fingerprint density at radius 1 is 1.14 bits per heavy atom. The molecule has 22 heavy (non-hydrogen) atoms. The smallest absolute Gasteiger partial charge is 0.325 e. The van der Waals surface area contributed by atoms with Gasteiger partial charge in [-0.25, -0.2) is 0 Å². The minimum atomic E-state index is -0.467. The van der Waals surface area contributed by atoms with Crippen molar-refractivity contribution in [3.63, 3.8) is 0 Å². The number of benzene rings is 1. The summed E-state index contributed by atoms with van der Waals surface area (Å²) in [6, 6.07) is 2.84. The zero-order valence-electron chi connectivity index (χ0n) is 11.5. The normalized spacial score (nSPS) is 13.6. The van der Waals surface area contributed by atoms with E-state index in [1.165, 1.54) is 12.1 Å². The second-order valence-electron chi connectivity index (χ2n) is 4.89. The summed E-state index contributed by atoms with van der Waals surface area (Å²) in [5.41, 5.74) is 0. The third-order valence-corrected chi connectivity index (χ3v) is 3.96. The van der Waals surface area contributed by atoms with Crippen molar-refractivity contribution >= 4 is 46.7 Å². The molecule has 2 rings (SSSR count). The van der Waals surface area contributed by atoms with Crippen LogP contribution in [0.3, 0.4) is 0 Å². The van der Waals surface area contributed by atoms with Gasteiger partial charge >= 0.3 is 5.97 Å². The predicted molar refractivity (Wildman–Crippen MR) is 83.7 cm³/mol. The molecule has 0 heterocycles. The van der Waals surface area contributed by atoms with Crippen molar-refractivity contribution < 1.29 is 19.1 Å². The van der Waals surface area contributed by atoms with Gasteiger partial charge in [-0.05, 0) is 24.8 Å². The number of nitrogens with one attached hydrogen (secondary N) is 1. The van der Waals surface area contributed by atoms with E-state index in [-0.39, 0.29) is 28.9 Å². The average Bonchev–Trinajstić information content (AvgIpc) is 3.29. The highest BCUT2D eigenvalue weighted by Gasteiger charge is 2.23. The Kier molecular flexibility index (Phi) is 6.17. The molecule has 120 valence electrons. The molecule has 0 unspecified atom stereocenters. The molecule has 1 saturated carbocycles. The summed E-state index contributed by atoms with van der Waals surface area (Å²) < 4.78 is 10.2. The minimum absolute atomic E-state index is 0.190. The maximum atomic E-state index is 11.6. The Bertz CT molecular complexity index is 575. The summed E-state index contributed by atoms with van der Waals surface area (Å²) >= 11 is 17.5. The zero-order chi connectivity index (χ0) is 16.1. The van der Waals surface area contributed by atoms with Gasteiger partial charge in [0.15, 0.2) is 6.61 Å². The lowest BCUT2D eigenvalue weighted by molar-refractivity contribution is -0.144. The second kappa shape index (κ2) is 7.90. The summed E-state index contributed by atoms with van der Waals surface area (Å²) in [6.45, 7) is -0.0678. The van der Waals surface area contributed by atoms with Gasteiger partial charge in [0.2, 0.25) is 0 Å². The fourth-order valence-corrected chi connectivity index (χ4v) is 2.12. The standard InChI is InChI=1S/C14H14Cl3NO4/c15-9-3-11(17)12(4-10(9)16)21-7-13(19)18-5-14(20)22-6-8-1-2-8/h3-4,8H,1-2,5-7H2,(H,18,19). The van der Waals surface area contributed by atoms with E-state index in [4.69, 9.17) is 44.3 Å². The van der Waals surface area contributed by atoms with Crippen LogP contribution in [0.2, 0.25) is 15.1 Å². The topological polar surface area (TPSA) is 64.6 Å². The molecule has 5 nitrogen and oxygen atoms in total. The van der Waals surface area contributed by atoms with Crippen LogP contribution >= 0.6 is 34.8 Å². The predicted octanol–water partition coefficient (Wildman–Crippen LogP) is 3.10. The number of amides is 1. The molecular formula is C14H14Cl3NO4. The zero-order valence-corrected chi connectivity index (χ0v) is 13.8. The number of carbonyl (C=O) groups excluding carboxylic acids is 2. The molecule has 1 aromatic carbocycles. The molecule has 8 heteroatoms. The number of esters is 1. The van der Waals surface area contributed by atoms with Crippen molar-refractivity contribution in [3.8, 4) is 5.75 Å². The van der Waals surface area contributed by atoms with Gasteiger partial charge in [-0.3, -0.25) is 9.59 Å². The highest BCUT2D eigenvalue weighted by Crippen LogP contribution is 2.33. The van der Waals surface area contributed by atoms with Gasteiger partial charge in [0, 0.05) is 6.07 Å². The van der Waals surface area contributed by atoms with E-state index in [9.17, 15) is 9.59 Å². The van der Waals surface area contributed by atoms with Crippen LogP contribution in [0, 0.1) is 5.92 Å². The van der Waals surface area contributed by atoms with Crippen LogP contribution in [0.1, 0.15) is 12.8 Å². The highest BCUT2D eigenvalue weighted by molar-refractivity contribution is 6.43. The van der Waals surface area contributed by atoms with E-state index in [0.717, 1.165) is 12.8 Å². The number of hydrogen-bond acceptors (Lipinski definition) is 4. The first-order valence-electron chi connectivity index (χ1n) is 6.65. The number of ether oxygens (including phenoxy) is 2. The minimum Gasteiger partial charge on any atom is -0.482 e. The van der Waals surface area contributed by atoms with Crippen LogP contribution in [0.15, 0.2) is 12.1 Å². The molecule has 1 aliphatic rings. The Hall–Kier alpha value is -1.17. The molecule has 1 aromatic rings. The van der Waals surface area contributed by atoms with E-state index in [0.29, 0.717) is 17.5 Å². The molecule has 0 aromatic heterocycles. The molecule has 0 spiro atoms. The molecular weight excluding hydrogens is 353 g/mol. The van der Waals surface area contributed by atoms with Gasteiger partial charge in [0.1, 0.15) is 12.3 Å². The van der Waals surface area contributed by atoms with Crippen LogP contribution in [0.5, 0.6) is 5.75 Å². The fourth-order valence-electron chi connectivity index (χ4n) is 1.53. The van der Waals surface area contributed by atoms with Crippen molar-refractivity contribution in [3.05, 3.63) is 27.2 Å². The molecule has 1 aliphatic carbocycles. The monoisotopic (exact) mass is 365 g/mol. The Labute approximate surface area is 142 Å². The summed E-state index contributed by atoms with van der Waals surface area (Å²) in [7, 11) is 0. The maximum absolute atomic E-state index is 11.6. The van der Waals surface area contributed by atoms with Crippen molar-refractivity contribution in [1.29, 1.82) is 0 Å². The summed E-state index contributed by atoms with van der Waals surface area (Å²) in [6.07, 6.45) is 2.19. The lowest BCUT2D eigenvalue weighted by atomic mass is 10.3. The van der Waals surface area contributed by atoms with E-state index in [2.05, 4.69) is 5.32 Å². The van der Waals surface area contributed by atoms with E-state index in [1.54, 1.807) is 0 Å². The average molecular weight is 367 g/mol. The number of halogens is 3. The Morgan fingerprint density at radius 3 is 2.50 bits per heavy atom. The van der Waals surface area contributed by atoms with Crippen molar-refractivity contribution in [2.45, 2.75) is 12.8 Å². The first-order chi connectivity index (χ1) is 10.5. The maximum Gasteiger partial charge on any atom is 0.325 e. The van der Waals surface area contributed by atoms with Crippen molar-refractivity contribution in [2.24, 2.45) is 5.92 Å². The van der Waals surface area contributed by atoms with Gasteiger partial charge in [-0.15, -0.1) is 0 Å². The fraction of sp³-hybridized carbons (Fsp3) is 0.429. The van der Waals surface area contributed by atoms with Gasteiger partial charge < -0.3 is 14.8 Å². The van der Waals surface area contributed by atoms with E-state index < -0.39 is 11.9 Å². The molecule has 0 atom stereocenters. The summed E-state index contributed by atoms with van der Waals surface area (Å²) in [5.74, 6) is -0.208. The van der Waals surface area contributed by atoms with Crippen LogP contribution in [0.4, 0.5) is 0 Å².